The lowest BCUT2D eigenvalue weighted by Crippen LogP contribution is -2.44. The zero-order valence-corrected chi connectivity index (χ0v) is 10.5. The van der Waals surface area contributed by atoms with E-state index >= 15 is 0 Å². The van der Waals surface area contributed by atoms with Gasteiger partial charge in [0.2, 0.25) is 0 Å². The molecule has 0 aromatic heterocycles. The molecule has 1 rings (SSSR count). The van der Waals surface area contributed by atoms with Gasteiger partial charge in [-0.1, -0.05) is 26.2 Å². The Hall–Kier alpha value is -0.590. The number of hydrogen-bond acceptors (Lipinski definition) is 3. The summed E-state index contributed by atoms with van der Waals surface area (Å²) in [6.07, 6.45) is 5.38. The van der Waals surface area contributed by atoms with Crippen LogP contribution in [0.5, 0.6) is 0 Å². The Kier molecular flexibility index (Phi) is 5.79. The molecule has 0 amide bonds. The van der Waals surface area contributed by atoms with Crippen LogP contribution >= 0.6 is 0 Å². The molecule has 3 unspecified atom stereocenters. The predicted octanol–water partition coefficient (Wildman–Crippen LogP) is 2.16. The smallest absolute Gasteiger partial charge is 0.0695 e. The van der Waals surface area contributed by atoms with Gasteiger partial charge in [0.05, 0.1) is 18.1 Å². The minimum Gasteiger partial charge on any atom is -0.391 e. The monoisotopic (exact) mass is 224 g/mol. The molecule has 1 saturated carbocycles. The molecule has 0 radical (unpaired) electrons. The van der Waals surface area contributed by atoms with Gasteiger partial charge in [0.1, 0.15) is 0 Å². The summed E-state index contributed by atoms with van der Waals surface area (Å²) < 4.78 is 0. The van der Waals surface area contributed by atoms with Gasteiger partial charge in [0, 0.05) is 12.6 Å². The van der Waals surface area contributed by atoms with Gasteiger partial charge in [0.15, 0.2) is 0 Å². The number of aliphatic hydroxyl groups excluding tert-OH is 1. The first kappa shape index (κ1) is 13.5. The van der Waals surface area contributed by atoms with Crippen LogP contribution in [-0.4, -0.2) is 35.2 Å². The van der Waals surface area contributed by atoms with E-state index in [4.69, 9.17) is 5.26 Å². The zero-order chi connectivity index (χ0) is 12.0. The van der Waals surface area contributed by atoms with E-state index in [2.05, 4.69) is 17.9 Å². The van der Waals surface area contributed by atoms with Crippen molar-refractivity contribution in [3.05, 3.63) is 0 Å². The molecule has 1 aliphatic rings. The summed E-state index contributed by atoms with van der Waals surface area (Å²) in [4.78, 5) is 2.28. The van der Waals surface area contributed by atoms with Crippen molar-refractivity contribution in [1.82, 2.24) is 4.90 Å². The van der Waals surface area contributed by atoms with E-state index in [1.165, 1.54) is 12.8 Å². The third-order valence-electron chi connectivity index (χ3n) is 3.55. The maximum atomic E-state index is 10.1. The van der Waals surface area contributed by atoms with Crippen molar-refractivity contribution in [3.63, 3.8) is 0 Å². The highest BCUT2D eigenvalue weighted by atomic mass is 16.3. The van der Waals surface area contributed by atoms with Crippen LogP contribution in [-0.2, 0) is 0 Å². The minimum atomic E-state index is -0.201. The average molecular weight is 224 g/mol. The highest BCUT2D eigenvalue weighted by Gasteiger charge is 2.27. The Balaban J connectivity index is 2.58. The third kappa shape index (κ3) is 3.77. The van der Waals surface area contributed by atoms with Crippen molar-refractivity contribution in [3.8, 4) is 6.07 Å². The summed E-state index contributed by atoms with van der Waals surface area (Å²) >= 11 is 0. The van der Waals surface area contributed by atoms with Crippen LogP contribution in [0.15, 0.2) is 0 Å². The first-order chi connectivity index (χ1) is 7.69. The topological polar surface area (TPSA) is 47.3 Å². The van der Waals surface area contributed by atoms with E-state index in [0.29, 0.717) is 0 Å². The molecule has 3 nitrogen and oxygen atoms in total. The number of likely N-dealkylation sites (N-methyl/N-ethyl adjacent to an activating group) is 1. The molecule has 92 valence electrons. The van der Waals surface area contributed by atoms with Gasteiger partial charge >= 0.3 is 0 Å². The van der Waals surface area contributed by atoms with Crippen LogP contribution in [0, 0.1) is 17.2 Å². The fourth-order valence-electron chi connectivity index (χ4n) is 2.59. The first-order valence-electron chi connectivity index (χ1n) is 6.50. The van der Waals surface area contributed by atoms with Crippen LogP contribution in [0.1, 0.15) is 46.0 Å². The van der Waals surface area contributed by atoms with E-state index in [1.807, 2.05) is 6.92 Å². The summed E-state index contributed by atoms with van der Waals surface area (Å²) in [6.45, 7) is 5.77. The van der Waals surface area contributed by atoms with E-state index in [0.717, 1.165) is 32.4 Å². The van der Waals surface area contributed by atoms with E-state index < -0.39 is 0 Å². The number of hydrogen-bond donors (Lipinski definition) is 1. The summed E-state index contributed by atoms with van der Waals surface area (Å²) in [5.41, 5.74) is 0. The molecule has 0 bridgehead atoms. The first-order valence-corrected chi connectivity index (χ1v) is 6.50. The molecule has 0 aromatic carbocycles. The van der Waals surface area contributed by atoms with Crippen molar-refractivity contribution in [2.45, 2.75) is 58.1 Å². The largest absolute Gasteiger partial charge is 0.391 e. The minimum absolute atomic E-state index is 0.0513. The van der Waals surface area contributed by atoms with Crippen molar-refractivity contribution in [1.29, 1.82) is 5.26 Å². The highest BCUT2D eigenvalue weighted by Crippen LogP contribution is 2.23. The van der Waals surface area contributed by atoms with Gasteiger partial charge < -0.3 is 5.11 Å². The number of nitriles is 1. The van der Waals surface area contributed by atoms with Crippen molar-refractivity contribution in [2.24, 2.45) is 5.92 Å². The SMILES string of the molecule is CCN(CC(C)C#N)C1CCCCCC1O. The number of aliphatic hydroxyl groups is 1. The zero-order valence-electron chi connectivity index (χ0n) is 10.5. The van der Waals surface area contributed by atoms with Gasteiger partial charge in [-0.05, 0) is 26.3 Å². The molecular weight excluding hydrogens is 200 g/mol. The molecule has 0 heterocycles. The standard InChI is InChI=1S/C13H24N2O/c1-3-15(10-11(2)9-14)12-7-5-4-6-8-13(12)16/h11-13,16H,3-8,10H2,1-2H3. The van der Waals surface area contributed by atoms with E-state index in [1.54, 1.807) is 0 Å². The Morgan fingerprint density at radius 2 is 2.06 bits per heavy atom. The third-order valence-corrected chi connectivity index (χ3v) is 3.55. The Labute approximate surface area is 99.1 Å². The molecule has 0 aliphatic heterocycles. The van der Waals surface area contributed by atoms with Gasteiger partial charge in [-0.15, -0.1) is 0 Å². The highest BCUT2D eigenvalue weighted by molar-refractivity contribution is 4.87. The molecule has 3 heteroatoms. The summed E-state index contributed by atoms with van der Waals surface area (Å²) in [5.74, 6) is 0.0513. The normalized spacial score (nSPS) is 28.4. The quantitative estimate of drug-likeness (QED) is 0.744. The molecule has 1 N–H and O–H groups in total. The second kappa shape index (κ2) is 6.88. The lowest BCUT2D eigenvalue weighted by molar-refractivity contribution is 0.0429. The van der Waals surface area contributed by atoms with Gasteiger partial charge in [-0.2, -0.15) is 5.26 Å². The van der Waals surface area contributed by atoms with Gasteiger partial charge in [-0.25, -0.2) is 0 Å². The maximum Gasteiger partial charge on any atom is 0.0695 e. The molecular formula is C13H24N2O. The van der Waals surface area contributed by atoms with E-state index in [9.17, 15) is 5.11 Å². The van der Waals surface area contributed by atoms with Crippen LogP contribution in [0.3, 0.4) is 0 Å². The maximum absolute atomic E-state index is 10.1. The van der Waals surface area contributed by atoms with Gasteiger partial charge in [-0.3, -0.25) is 4.90 Å². The van der Waals surface area contributed by atoms with Crippen LogP contribution < -0.4 is 0 Å². The second-order valence-corrected chi connectivity index (χ2v) is 4.89. The van der Waals surface area contributed by atoms with E-state index in [-0.39, 0.29) is 18.1 Å². The van der Waals surface area contributed by atoms with Crippen LogP contribution in [0.25, 0.3) is 0 Å². The van der Waals surface area contributed by atoms with Crippen LogP contribution in [0.2, 0.25) is 0 Å². The molecule has 16 heavy (non-hydrogen) atoms. The molecule has 0 spiro atoms. The van der Waals surface area contributed by atoms with Crippen molar-refractivity contribution < 1.29 is 5.11 Å². The van der Waals surface area contributed by atoms with Gasteiger partial charge in [0.25, 0.3) is 0 Å². The molecule has 0 saturated heterocycles. The fraction of sp³-hybridized carbons (Fsp3) is 0.923. The molecule has 0 aromatic rings. The lowest BCUT2D eigenvalue weighted by Gasteiger charge is -2.33. The lowest BCUT2D eigenvalue weighted by atomic mass is 10.0. The van der Waals surface area contributed by atoms with Crippen LogP contribution in [0.4, 0.5) is 0 Å². The molecule has 1 fully saturated rings. The Morgan fingerprint density at radius 3 is 2.69 bits per heavy atom. The Morgan fingerprint density at radius 1 is 1.38 bits per heavy atom. The predicted molar refractivity (Wildman–Crippen MR) is 64.9 cm³/mol. The summed E-state index contributed by atoms with van der Waals surface area (Å²) in [6, 6.07) is 2.54. The molecule has 1 aliphatic carbocycles. The second-order valence-electron chi connectivity index (χ2n) is 4.89. The summed E-state index contributed by atoms with van der Waals surface area (Å²) in [5, 5.41) is 19.0. The number of nitrogens with zero attached hydrogens (tertiary/aromatic N) is 2. The Bertz CT molecular complexity index is 237. The average Bonchev–Trinajstić information content (AvgIpc) is 2.50. The van der Waals surface area contributed by atoms with Crippen molar-refractivity contribution >= 4 is 0 Å². The fourth-order valence-corrected chi connectivity index (χ4v) is 2.59. The number of rotatable bonds is 4. The summed E-state index contributed by atoms with van der Waals surface area (Å²) in [7, 11) is 0. The van der Waals surface area contributed by atoms with Crippen molar-refractivity contribution in [2.75, 3.05) is 13.1 Å². The molecule has 3 atom stereocenters.